The first kappa shape index (κ1) is 10.6. The summed E-state index contributed by atoms with van der Waals surface area (Å²) in [4.78, 5) is 15.8. The molecule has 1 aromatic carbocycles. The fourth-order valence-corrected chi connectivity index (χ4v) is 1.58. The van der Waals surface area contributed by atoms with Crippen LogP contribution in [-0.4, -0.2) is 17.6 Å². The average molecular weight is 215 g/mol. The van der Waals surface area contributed by atoms with Crippen molar-refractivity contribution < 1.29 is 9.53 Å². The second-order valence-electron chi connectivity index (χ2n) is 3.64. The van der Waals surface area contributed by atoms with Gasteiger partial charge in [-0.05, 0) is 43.7 Å². The average Bonchev–Trinajstić information content (AvgIpc) is 2.28. The highest BCUT2D eigenvalue weighted by Gasteiger charge is 2.07. The summed E-state index contributed by atoms with van der Waals surface area (Å²) in [5.41, 5.74) is 2.54. The molecule has 0 bridgehead atoms. The molecule has 0 amide bonds. The van der Waals surface area contributed by atoms with Gasteiger partial charge in [-0.3, -0.25) is 4.98 Å². The number of rotatable bonds is 2. The van der Waals surface area contributed by atoms with E-state index in [0.717, 1.165) is 16.5 Å². The molecule has 0 spiro atoms. The summed E-state index contributed by atoms with van der Waals surface area (Å²) in [7, 11) is 0. The Hall–Kier alpha value is -1.90. The molecule has 2 aromatic rings. The Kier molecular flexibility index (Phi) is 2.86. The zero-order chi connectivity index (χ0) is 11.5. The van der Waals surface area contributed by atoms with Gasteiger partial charge in [0, 0.05) is 11.6 Å². The van der Waals surface area contributed by atoms with Crippen molar-refractivity contribution in [2.45, 2.75) is 13.8 Å². The van der Waals surface area contributed by atoms with E-state index >= 15 is 0 Å². The molecule has 3 nitrogen and oxygen atoms in total. The van der Waals surface area contributed by atoms with Crippen molar-refractivity contribution in [3.8, 4) is 0 Å². The number of carbonyl (C=O) groups is 1. The molecule has 0 saturated carbocycles. The van der Waals surface area contributed by atoms with E-state index < -0.39 is 0 Å². The Bertz CT molecular complexity index is 534. The lowest BCUT2D eigenvalue weighted by atomic mass is 10.1. The highest BCUT2D eigenvalue weighted by molar-refractivity contribution is 5.94. The zero-order valence-corrected chi connectivity index (χ0v) is 9.36. The number of esters is 1. The Labute approximate surface area is 94.1 Å². The molecule has 82 valence electrons. The summed E-state index contributed by atoms with van der Waals surface area (Å²) in [6.07, 6.45) is 1.81. The van der Waals surface area contributed by atoms with Crippen molar-refractivity contribution in [1.29, 1.82) is 0 Å². The van der Waals surface area contributed by atoms with Crippen LogP contribution in [0.1, 0.15) is 22.8 Å². The summed E-state index contributed by atoms with van der Waals surface area (Å²) >= 11 is 0. The molecule has 0 aliphatic carbocycles. The first-order chi connectivity index (χ1) is 7.70. The Morgan fingerprint density at radius 1 is 1.38 bits per heavy atom. The number of hydrogen-bond donors (Lipinski definition) is 0. The molecule has 0 radical (unpaired) electrons. The summed E-state index contributed by atoms with van der Waals surface area (Å²) in [5.74, 6) is -0.286. The number of ether oxygens (including phenoxy) is 1. The highest BCUT2D eigenvalue weighted by Crippen LogP contribution is 2.15. The third-order valence-electron chi connectivity index (χ3n) is 2.33. The van der Waals surface area contributed by atoms with Crippen LogP contribution >= 0.6 is 0 Å². The first-order valence-corrected chi connectivity index (χ1v) is 5.24. The van der Waals surface area contributed by atoms with E-state index in [0.29, 0.717) is 12.2 Å². The van der Waals surface area contributed by atoms with Gasteiger partial charge in [0.15, 0.2) is 0 Å². The molecule has 0 unspecified atom stereocenters. The first-order valence-electron chi connectivity index (χ1n) is 5.24. The van der Waals surface area contributed by atoms with Crippen LogP contribution in [0.3, 0.4) is 0 Å². The van der Waals surface area contributed by atoms with E-state index in [4.69, 9.17) is 4.74 Å². The molecule has 0 saturated heterocycles. The number of benzene rings is 1. The molecule has 1 heterocycles. The molecule has 3 heteroatoms. The fraction of sp³-hybridized carbons (Fsp3) is 0.231. The maximum atomic E-state index is 11.5. The normalized spacial score (nSPS) is 10.4. The van der Waals surface area contributed by atoms with Gasteiger partial charge in [-0.25, -0.2) is 4.79 Å². The topological polar surface area (TPSA) is 39.2 Å². The van der Waals surface area contributed by atoms with Gasteiger partial charge in [0.25, 0.3) is 0 Å². The van der Waals surface area contributed by atoms with Gasteiger partial charge in [0.1, 0.15) is 0 Å². The summed E-state index contributed by atoms with van der Waals surface area (Å²) in [6, 6.07) is 7.39. The Balaban J connectivity index is 2.46. The van der Waals surface area contributed by atoms with Crippen molar-refractivity contribution in [1.82, 2.24) is 4.98 Å². The maximum Gasteiger partial charge on any atom is 0.338 e. The Morgan fingerprint density at radius 3 is 2.94 bits per heavy atom. The van der Waals surface area contributed by atoms with E-state index in [9.17, 15) is 4.79 Å². The largest absolute Gasteiger partial charge is 0.462 e. The van der Waals surface area contributed by atoms with Crippen LogP contribution in [-0.2, 0) is 4.74 Å². The predicted molar refractivity (Wildman–Crippen MR) is 62.4 cm³/mol. The van der Waals surface area contributed by atoms with Gasteiger partial charge >= 0.3 is 5.97 Å². The molecule has 16 heavy (non-hydrogen) atoms. The van der Waals surface area contributed by atoms with Crippen LogP contribution < -0.4 is 0 Å². The third-order valence-corrected chi connectivity index (χ3v) is 2.33. The second-order valence-corrected chi connectivity index (χ2v) is 3.64. The Morgan fingerprint density at radius 2 is 2.19 bits per heavy atom. The van der Waals surface area contributed by atoms with E-state index in [2.05, 4.69) is 4.98 Å². The van der Waals surface area contributed by atoms with Crippen LogP contribution in [0.15, 0.2) is 30.5 Å². The molecular formula is C13H13NO2. The monoisotopic (exact) mass is 215 g/mol. The summed E-state index contributed by atoms with van der Waals surface area (Å²) < 4.78 is 4.95. The highest BCUT2D eigenvalue weighted by atomic mass is 16.5. The fourth-order valence-electron chi connectivity index (χ4n) is 1.58. The minimum Gasteiger partial charge on any atom is -0.462 e. The standard InChI is InChI=1S/C13H13NO2/c1-3-16-13(15)10-4-5-12-11(7-10)6-9(2)8-14-12/h4-8H,3H2,1-2H3. The van der Waals surface area contributed by atoms with E-state index in [-0.39, 0.29) is 5.97 Å². The number of fused-ring (bicyclic) bond motifs is 1. The van der Waals surface area contributed by atoms with Gasteiger partial charge < -0.3 is 4.74 Å². The number of nitrogens with zero attached hydrogens (tertiary/aromatic N) is 1. The summed E-state index contributed by atoms with van der Waals surface area (Å²) in [5, 5.41) is 0.963. The lowest BCUT2D eigenvalue weighted by Gasteiger charge is -2.03. The van der Waals surface area contributed by atoms with Crippen molar-refractivity contribution in [3.63, 3.8) is 0 Å². The molecule has 0 atom stereocenters. The minimum atomic E-state index is -0.286. The van der Waals surface area contributed by atoms with E-state index in [1.54, 1.807) is 13.0 Å². The number of hydrogen-bond acceptors (Lipinski definition) is 3. The van der Waals surface area contributed by atoms with Gasteiger partial charge in [0.05, 0.1) is 17.7 Å². The lowest BCUT2D eigenvalue weighted by Crippen LogP contribution is -2.04. The van der Waals surface area contributed by atoms with E-state index in [1.807, 2.05) is 31.3 Å². The van der Waals surface area contributed by atoms with Crippen LogP contribution in [0.25, 0.3) is 10.9 Å². The molecule has 0 fully saturated rings. The lowest BCUT2D eigenvalue weighted by molar-refractivity contribution is 0.0526. The third kappa shape index (κ3) is 2.03. The van der Waals surface area contributed by atoms with Gasteiger partial charge in [-0.1, -0.05) is 0 Å². The molecule has 2 rings (SSSR count). The smallest absolute Gasteiger partial charge is 0.338 e. The minimum absolute atomic E-state index is 0.286. The van der Waals surface area contributed by atoms with Crippen molar-refractivity contribution in [2.75, 3.05) is 6.61 Å². The number of pyridine rings is 1. The van der Waals surface area contributed by atoms with Gasteiger partial charge in [-0.15, -0.1) is 0 Å². The molecule has 1 aromatic heterocycles. The van der Waals surface area contributed by atoms with Crippen molar-refractivity contribution in [2.24, 2.45) is 0 Å². The summed E-state index contributed by atoms with van der Waals surface area (Å²) in [6.45, 7) is 4.16. The number of aromatic nitrogens is 1. The van der Waals surface area contributed by atoms with Crippen LogP contribution in [0, 0.1) is 6.92 Å². The van der Waals surface area contributed by atoms with Crippen LogP contribution in [0.2, 0.25) is 0 Å². The zero-order valence-electron chi connectivity index (χ0n) is 9.36. The number of carbonyl (C=O) groups excluding carboxylic acids is 1. The van der Waals surface area contributed by atoms with Crippen molar-refractivity contribution in [3.05, 3.63) is 41.6 Å². The molecule has 0 N–H and O–H groups in total. The SMILES string of the molecule is CCOC(=O)c1ccc2ncc(C)cc2c1. The maximum absolute atomic E-state index is 11.5. The molecule has 0 aliphatic rings. The predicted octanol–water partition coefficient (Wildman–Crippen LogP) is 2.72. The van der Waals surface area contributed by atoms with Crippen LogP contribution in [0.5, 0.6) is 0 Å². The van der Waals surface area contributed by atoms with Crippen LogP contribution in [0.4, 0.5) is 0 Å². The van der Waals surface area contributed by atoms with Gasteiger partial charge in [0.2, 0.25) is 0 Å². The van der Waals surface area contributed by atoms with Crippen molar-refractivity contribution >= 4 is 16.9 Å². The van der Waals surface area contributed by atoms with Gasteiger partial charge in [-0.2, -0.15) is 0 Å². The molecule has 0 aliphatic heterocycles. The molecular weight excluding hydrogens is 202 g/mol. The van der Waals surface area contributed by atoms with E-state index in [1.165, 1.54) is 0 Å². The quantitative estimate of drug-likeness (QED) is 0.723. The number of aryl methyl sites for hydroxylation is 1. The second kappa shape index (κ2) is 4.31.